The monoisotopic (exact) mass is 1490 g/mol. The number of nitrogens with zero attached hydrogens (tertiary/aromatic N) is 9. The van der Waals surface area contributed by atoms with Crippen LogP contribution < -0.4 is 38.4 Å². The molecule has 5 aromatic carbocycles. The van der Waals surface area contributed by atoms with Gasteiger partial charge in [-0.15, -0.1) is 0 Å². The summed E-state index contributed by atoms with van der Waals surface area (Å²) in [5, 5.41) is 14.4. The number of non-ortho nitro benzene ring substituents is 1. The first-order valence-corrected chi connectivity index (χ1v) is 40.8. The van der Waals surface area contributed by atoms with Crippen LogP contribution in [0.3, 0.4) is 0 Å². The Kier molecular flexibility index (Phi) is 34.7. The van der Waals surface area contributed by atoms with Crippen LogP contribution in [0, 0.1) is 10.1 Å². The summed E-state index contributed by atoms with van der Waals surface area (Å²) in [6.45, 7) is 16.4. The van der Waals surface area contributed by atoms with E-state index in [0.717, 1.165) is 132 Å². The van der Waals surface area contributed by atoms with Gasteiger partial charge in [0.25, 0.3) is 5.69 Å². The topological polar surface area (TPSA) is 204 Å². The minimum absolute atomic E-state index is 0. The van der Waals surface area contributed by atoms with E-state index in [-0.39, 0.29) is 27.1 Å². The van der Waals surface area contributed by atoms with Crippen LogP contribution in [0.25, 0.3) is 102 Å². The number of hydrogen-bond donors (Lipinski definition) is 0. The van der Waals surface area contributed by atoms with Crippen LogP contribution in [0.1, 0.15) is 284 Å². The largest absolute Gasteiger partial charge is 2.00 e. The quantitative estimate of drug-likeness (QED) is 0.0114. The summed E-state index contributed by atoms with van der Waals surface area (Å²) in [5.74, 6) is 5.06. The van der Waals surface area contributed by atoms with Crippen molar-refractivity contribution in [2.75, 3.05) is 39.6 Å². The third-order valence-electron chi connectivity index (χ3n) is 20.1. The first-order valence-electron chi connectivity index (χ1n) is 40.8. The molecule has 2 aliphatic rings. The molecule has 0 saturated carbocycles. The first kappa shape index (κ1) is 82.0. The minimum atomic E-state index is -0.387. The molecule has 0 saturated heterocycles. The molecule has 0 atom stereocenters. The third-order valence-corrected chi connectivity index (χ3v) is 20.1. The third kappa shape index (κ3) is 23.2. The number of nitro benzene ring substituents is 1. The molecule has 8 bridgehead atoms. The van der Waals surface area contributed by atoms with E-state index in [1.165, 1.54) is 128 Å². The van der Waals surface area contributed by atoms with Gasteiger partial charge in [0.15, 0.2) is 0 Å². The normalized spacial score (nSPS) is 11.7. The Morgan fingerprint density at radius 3 is 0.906 bits per heavy atom. The van der Waals surface area contributed by atoms with E-state index >= 15 is 0 Å². The smallest absolute Gasteiger partial charge is 0.493 e. The van der Waals surface area contributed by atoms with Crippen molar-refractivity contribution in [3.63, 3.8) is 0 Å². The molecule has 0 amide bonds. The summed E-state index contributed by atoms with van der Waals surface area (Å²) in [5.41, 5.74) is 5.71. The fraction of sp³-hybridized carbons (Fsp3) is 0.545. The van der Waals surface area contributed by atoms with Crippen molar-refractivity contribution in [2.24, 2.45) is 0 Å². The summed E-state index contributed by atoms with van der Waals surface area (Å²) >= 11 is 0. The van der Waals surface area contributed by atoms with Crippen LogP contribution in [-0.2, 0) is 16.5 Å². The molecule has 0 fully saturated rings. The minimum Gasteiger partial charge on any atom is -0.493 e. The second-order valence-corrected chi connectivity index (χ2v) is 28.6. The summed E-state index contributed by atoms with van der Waals surface area (Å²) in [7, 11) is 0. The number of ether oxygens (including phenoxy) is 6. The zero-order valence-electron chi connectivity index (χ0n) is 64.5. The van der Waals surface area contributed by atoms with E-state index in [4.69, 9.17) is 68.3 Å². The molecule has 8 aromatic rings. The summed E-state index contributed by atoms with van der Waals surface area (Å²) in [6.07, 6.45) is 43.8. The maximum absolute atomic E-state index is 11.7. The average molecular weight is 1490 g/mol. The number of nitro groups is 1. The molecule has 0 spiro atoms. The summed E-state index contributed by atoms with van der Waals surface area (Å²) < 4.78 is 41.8. The molecule has 2 aliphatic heterocycles. The number of benzene rings is 5. The molecule has 106 heavy (non-hydrogen) atoms. The molecule has 18 heteroatoms. The van der Waals surface area contributed by atoms with Gasteiger partial charge in [0, 0.05) is 45.5 Å². The van der Waals surface area contributed by atoms with Crippen molar-refractivity contribution in [1.29, 1.82) is 0 Å². The second kappa shape index (κ2) is 44.9. The van der Waals surface area contributed by atoms with Gasteiger partial charge >= 0.3 is 16.5 Å². The molecule has 0 aliphatic carbocycles. The van der Waals surface area contributed by atoms with Gasteiger partial charge in [-0.3, -0.25) is 10.1 Å². The Morgan fingerprint density at radius 1 is 0.311 bits per heavy atom. The second-order valence-electron chi connectivity index (χ2n) is 28.6. The van der Waals surface area contributed by atoms with Crippen molar-refractivity contribution in [1.82, 2.24) is 39.9 Å². The van der Waals surface area contributed by atoms with Gasteiger partial charge in [0.2, 0.25) is 0 Å². The van der Waals surface area contributed by atoms with Crippen LogP contribution in [0.15, 0.2) is 78.9 Å². The van der Waals surface area contributed by atoms with Crippen molar-refractivity contribution < 1.29 is 49.8 Å². The summed E-state index contributed by atoms with van der Waals surface area (Å²) in [4.78, 5) is 55.8. The van der Waals surface area contributed by atoms with Crippen molar-refractivity contribution >= 4 is 62.0 Å². The SMILES string of the molecule is CCCCCCCCOc1ccc(OCCCCCCCC)c2c1-c1nc-2nc2[n-]c(nc3nc(nc4[n-]c(n1)c1ccc(/C=C/c5ccc([N+](=O)[O-])cc5)cc41)-c1c(OCCCCCCCC)ccc(OCCCCCCCC)c1-3)c1c(OCCCCCCCC)ccc(OCCCCCCCC)c21.[Ni+2]. The van der Waals surface area contributed by atoms with Gasteiger partial charge in [-0.2, -0.15) is 0 Å². The van der Waals surface area contributed by atoms with Gasteiger partial charge in [0.05, 0.1) is 90.1 Å². The van der Waals surface area contributed by atoms with Gasteiger partial charge < -0.3 is 58.3 Å². The molecule has 0 N–H and O–H groups in total. The Labute approximate surface area is 640 Å². The van der Waals surface area contributed by atoms with Crippen LogP contribution in [-0.4, -0.2) is 74.5 Å². The van der Waals surface area contributed by atoms with Crippen LogP contribution in [0.2, 0.25) is 0 Å². The zero-order valence-corrected chi connectivity index (χ0v) is 65.5. The van der Waals surface area contributed by atoms with E-state index in [1.54, 1.807) is 12.1 Å². The van der Waals surface area contributed by atoms with Gasteiger partial charge in [-0.25, -0.2) is 9.97 Å². The fourth-order valence-electron chi connectivity index (χ4n) is 14.0. The molecular weight excluding hydrogens is 1370 g/mol. The van der Waals surface area contributed by atoms with E-state index in [9.17, 15) is 10.1 Å². The fourth-order valence-corrected chi connectivity index (χ4v) is 14.0. The predicted molar refractivity (Wildman–Crippen MR) is 429 cm³/mol. The van der Waals surface area contributed by atoms with Gasteiger partial charge in [-0.1, -0.05) is 258 Å². The standard InChI is InChI=1S/C88H117N9O8.Ni/c1-7-13-19-25-31-37-57-100-69-51-53-71(102-59-39-33-27-21-15-9-3)77-75(69)83-90-81-67-50-47-65(44-43-64-45-48-66(49-46-64)97(98)99)63-68(67)82(89-81)91-84-76-70(101-58-38-32-26-20-14-8-2)52-54-72(103-60-40-34-28-22-16-10-4)78(76)86(93-84)95-88-80-74(105-62-42-36-30-24-18-12-6)56-55-73(104-61-41-35-29-23-17-11-5)79(80)87(96-88)94-85(77)92-83;/h43-56,63H,7-42,57-62H2,1-6H3;/q-2;+2/b44-43+;. The Bertz CT molecular complexity index is 4230. The van der Waals surface area contributed by atoms with Crippen LogP contribution in [0.5, 0.6) is 34.5 Å². The Hall–Kier alpha value is -8.11. The van der Waals surface area contributed by atoms with Crippen LogP contribution >= 0.6 is 0 Å². The summed E-state index contributed by atoms with van der Waals surface area (Å²) in [6, 6.07) is 24.6. The number of unbranched alkanes of at least 4 members (excludes halogenated alkanes) is 30. The number of rotatable bonds is 51. The van der Waals surface area contributed by atoms with E-state index in [0.29, 0.717) is 158 Å². The van der Waals surface area contributed by atoms with E-state index in [1.807, 2.05) is 60.7 Å². The van der Waals surface area contributed by atoms with E-state index < -0.39 is 0 Å². The molecule has 3 aromatic heterocycles. The van der Waals surface area contributed by atoms with Crippen molar-refractivity contribution in [2.45, 2.75) is 273 Å². The molecule has 0 unspecified atom stereocenters. The maximum Gasteiger partial charge on any atom is 2.00 e. The van der Waals surface area contributed by atoms with Crippen molar-refractivity contribution in [3.8, 4) is 80.0 Å². The Balaban J connectivity index is 0.0000130. The number of hydrogen-bond acceptors (Lipinski definition) is 14. The molecular formula is C88H117N9NiO8. The van der Waals surface area contributed by atoms with Gasteiger partial charge in [-0.05, 0) is 115 Å². The molecule has 0 radical (unpaired) electrons. The van der Waals surface area contributed by atoms with Crippen LogP contribution in [0.4, 0.5) is 5.69 Å². The molecule has 10 rings (SSSR count). The van der Waals surface area contributed by atoms with Gasteiger partial charge in [0.1, 0.15) is 34.5 Å². The molecule has 17 nitrogen and oxygen atoms in total. The first-order chi connectivity index (χ1) is 51.7. The zero-order chi connectivity index (χ0) is 73.2. The number of fused-ring (bicyclic) bond motifs is 20. The van der Waals surface area contributed by atoms with E-state index in [2.05, 4.69) is 47.6 Å². The van der Waals surface area contributed by atoms with Crippen molar-refractivity contribution in [3.05, 3.63) is 100 Å². The average Bonchev–Trinajstić information content (AvgIpc) is 1.58. The predicted octanol–water partition coefficient (Wildman–Crippen LogP) is 24.6. The number of aromatic nitrogens is 8. The molecule has 5 heterocycles. The maximum atomic E-state index is 11.7. The Morgan fingerprint density at radius 2 is 0.575 bits per heavy atom. The molecule has 572 valence electrons.